The highest BCUT2D eigenvalue weighted by molar-refractivity contribution is 5.70. The van der Waals surface area contributed by atoms with Crippen molar-refractivity contribution >= 4 is 5.97 Å². The molecule has 3 nitrogen and oxygen atoms in total. The molecule has 0 spiro atoms. The minimum Gasteiger partial charge on any atom is -0.460 e. The molecule has 1 rings (SSSR count). The zero-order chi connectivity index (χ0) is 24.0. The van der Waals surface area contributed by atoms with Gasteiger partial charge in [-0.2, -0.15) is 0 Å². The lowest BCUT2D eigenvalue weighted by Gasteiger charge is -2.28. The SMILES string of the molecule is C/C=C(\C=CC1CCC(CC(C)C)CC1)C(CCCOCCCC)CC(=O)OC(C)(C)C. The van der Waals surface area contributed by atoms with Gasteiger partial charge in [-0.15, -0.1) is 0 Å². The number of unbranched alkanes of at least 4 members (excludes halogenated alkanes) is 1. The maximum absolute atomic E-state index is 12.6. The average molecular weight is 449 g/mol. The molecule has 0 heterocycles. The zero-order valence-electron chi connectivity index (χ0n) is 22.3. The first-order valence-corrected chi connectivity index (χ1v) is 13.3. The summed E-state index contributed by atoms with van der Waals surface area (Å²) in [6, 6.07) is 0. The molecule has 1 fully saturated rings. The van der Waals surface area contributed by atoms with E-state index in [-0.39, 0.29) is 11.9 Å². The van der Waals surface area contributed by atoms with E-state index in [0.29, 0.717) is 12.3 Å². The molecule has 0 aromatic heterocycles. The van der Waals surface area contributed by atoms with Crippen molar-refractivity contribution in [1.82, 2.24) is 0 Å². The Hall–Kier alpha value is -1.09. The third-order valence-electron chi connectivity index (χ3n) is 6.38. The lowest BCUT2D eigenvalue weighted by molar-refractivity contribution is -0.155. The highest BCUT2D eigenvalue weighted by atomic mass is 16.6. The smallest absolute Gasteiger partial charge is 0.306 e. The van der Waals surface area contributed by atoms with Crippen LogP contribution in [-0.4, -0.2) is 24.8 Å². The van der Waals surface area contributed by atoms with Gasteiger partial charge in [0, 0.05) is 13.2 Å². The van der Waals surface area contributed by atoms with Crippen molar-refractivity contribution in [2.45, 2.75) is 118 Å². The van der Waals surface area contributed by atoms with E-state index in [1.54, 1.807) is 0 Å². The van der Waals surface area contributed by atoms with Crippen LogP contribution in [0.3, 0.4) is 0 Å². The van der Waals surface area contributed by atoms with E-state index in [4.69, 9.17) is 9.47 Å². The van der Waals surface area contributed by atoms with Crippen LogP contribution in [0.1, 0.15) is 113 Å². The second-order valence-electron chi connectivity index (χ2n) is 11.2. The van der Waals surface area contributed by atoms with Crippen LogP contribution in [-0.2, 0) is 14.3 Å². The highest BCUT2D eigenvalue weighted by Gasteiger charge is 2.23. The molecule has 0 aromatic carbocycles. The first kappa shape index (κ1) is 28.9. The van der Waals surface area contributed by atoms with Crippen molar-refractivity contribution in [3.05, 3.63) is 23.8 Å². The van der Waals surface area contributed by atoms with Crippen LogP contribution in [0, 0.1) is 23.7 Å². The highest BCUT2D eigenvalue weighted by Crippen LogP contribution is 2.34. The lowest BCUT2D eigenvalue weighted by Crippen LogP contribution is -2.25. The molecule has 32 heavy (non-hydrogen) atoms. The molecule has 0 N–H and O–H groups in total. The summed E-state index contributed by atoms with van der Waals surface area (Å²) < 4.78 is 11.4. The summed E-state index contributed by atoms with van der Waals surface area (Å²) in [5.74, 6) is 2.48. The van der Waals surface area contributed by atoms with E-state index in [9.17, 15) is 4.79 Å². The summed E-state index contributed by atoms with van der Waals surface area (Å²) in [6.07, 6.45) is 18.2. The molecule has 186 valence electrons. The fraction of sp³-hybridized carbons (Fsp3) is 0.828. The molecular weight excluding hydrogens is 396 g/mol. The molecule has 0 radical (unpaired) electrons. The van der Waals surface area contributed by atoms with E-state index < -0.39 is 5.60 Å². The molecule has 1 saturated carbocycles. The van der Waals surface area contributed by atoms with Gasteiger partial charge < -0.3 is 9.47 Å². The average Bonchev–Trinajstić information content (AvgIpc) is 2.70. The molecule has 1 aliphatic rings. The van der Waals surface area contributed by atoms with Crippen LogP contribution < -0.4 is 0 Å². The normalized spacial score (nSPS) is 21.3. The molecule has 0 amide bonds. The summed E-state index contributed by atoms with van der Waals surface area (Å²) in [5.41, 5.74) is 0.833. The van der Waals surface area contributed by atoms with Gasteiger partial charge in [0.25, 0.3) is 0 Å². The number of rotatable bonds is 14. The quantitative estimate of drug-likeness (QED) is 0.152. The fourth-order valence-electron chi connectivity index (χ4n) is 4.75. The standard InChI is InChI=1S/C29H52O3/c1-8-10-19-31-20-11-12-27(22-28(30)32-29(5,6)7)26(9-2)18-17-24-13-15-25(16-14-24)21-23(3)4/h9,17-18,23-25,27H,8,10-16,19-22H2,1-7H3/b18-17?,26-9+. The largest absolute Gasteiger partial charge is 0.460 e. The number of allylic oxidation sites excluding steroid dienone is 4. The van der Waals surface area contributed by atoms with Gasteiger partial charge in [-0.25, -0.2) is 0 Å². The maximum Gasteiger partial charge on any atom is 0.306 e. The number of ether oxygens (including phenoxy) is 2. The Kier molecular flexibility index (Phi) is 14.2. The van der Waals surface area contributed by atoms with Crippen molar-refractivity contribution in [3.63, 3.8) is 0 Å². The first-order chi connectivity index (χ1) is 15.1. The van der Waals surface area contributed by atoms with Gasteiger partial charge in [0.15, 0.2) is 0 Å². The molecule has 0 aliphatic heterocycles. The molecule has 1 aliphatic carbocycles. The van der Waals surface area contributed by atoms with Gasteiger partial charge in [-0.3, -0.25) is 4.79 Å². The van der Waals surface area contributed by atoms with Gasteiger partial charge in [-0.1, -0.05) is 45.4 Å². The molecule has 0 saturated heterocycles. The summed E-state index contributed by atoms with van der Waals surface area (Å²) in [7, 11) is 0. The van der Waals surface area contributed by atoms with Crippen LogP contribution in [0.5, 0.6) is 0 Å². The van der Waals surface area contributed by atoms with E-state index in [2.05, 4.69) is 45.9 Å². The number of hydrogen-bond acceptors (Lipinski definition) is 3. The molecular formula is C29H52O3. The maximum atomic E-state index is 12.6. The number of carbonyl (C=O) groups excluding carboxylic acids is 1. The second-order valence-corrected chi connectivity index (χ2v) is 11.2. The van der Waals surface area contributed by atoms with Crippen LogP contribution in [0.25, 0.3) is 0 Å². The lowest BCUT2D eigenvalue weighted by atomic mass is 9.78. The van der Waals surface area contributed by atoms with Crippen LogP contribution >= 0.6 is 0 Å². The molecule has 0 bridgehead atoms. The summed E-state index contributed by atoms with van der Waals surface area (Å²) in [5, 5.41) is 0. The van der Waals surface area contributed by atoms with Crippen molar-refractivity contribution in [1.29, 1.82) is 0 Å². The summed E-state index contributed by atoms with van der Waals surface area (Å²) in [4.78, 5) is 12.6. The van der Waals surface area contributed by atoms with Crippen molar-refractivity contribution < 1.29 is 14.3 Å². The van der Waals surface area contributed by atoms with E-state index in [1.165, 1.54) is 37.7 Å². The van der Waals surface area contributed by atoms with Crippen molar-refractivity contribution in [2.75, 3.05) is 13.2 Å². The first-order valence-electron chi connectivity index (χ1n) is 13.3. The summed E-state index contributed by atoms with van der Waals surface area (Å²) >= 11 is 0. The van der Waals surface area contributed by atoms with Gasteiger partial charge in [-0.05, 0) is 108 Å². The predicted molar refractivity (Wildman–Crippen MR) is 137 cm³/mol. The Bertz CT molecular complexity index is 559. The van der Waals surface area contributed by atoms with Crippen LogP contribution in [0.4, 0.5) is 0 Å². The number of hydrogen-bond donors (Lipinski definition) is 0. The monoisotopic (exact) mass is 448 g/mol. The third kappa shape index (κ3) is 13.5. The third-order valence-corrected chi connectivity index (χ3v) is 6.38. The van der Waals surface area contributed by atoms with Gasteiger partial charge in [0.2, 0.25) is 0 Å². The Morgan fingerprint density at radius 2 is 1.72 bits per heavy atom. The topological polar surface area (TPSA) is 35.5 Å². The molecule has 0 aromatic rings. The van der Waals surface area contributed by atoms with Gasteiger partial charge in [0.05, 0.1) is 6.42 Å². The zero-order valence-corrected chi connectivity index (χ0v) is 22.3. The predicted octanol–water partition coefficient (Wildman–Crippen LogP) is 8.29. The van der Waals surface area contributed by atoms with Crippen LogP contribution in [0.2, 0.25) is 0 Å². The van der Waals surface area contributed by atoms with E-state index >= 15 is 0 Å². The number of carbonyl (C=O) groups is 1. The Balaban J connectivity index is 2.67. The second kappa shape index (κ2) is 15.7. The van der Waals surface area contributed by atoms with E-state index in [0.717, 1.165) is 50.7 Å². The number of esters is 1. The molecule has 3 heteroatoms. The van der Waals surface area contributed by atoms with Crippen LogP contribution in [0.15, 0.2) is 23.8 Å². The van der Waals surface area contributed by atoms with Gasteiger partial charge >= 0.3 is 5.97 Å². The van der Waals surface area contributed by atoms with Crippen molar-refractivity contribution in [2.24, 2.45) is 23.7 Å². The Labute approximate surface area is 199 Å². The minimum atomic E-state index is -0.439. The van der Waals surface area contributed by atoms with E-state index in [1.807, 2.05) is 20.8 Å². The Morgan fingerprint density at radius 1 is 1.06 bits per heavy atom. The Morgan fingerprint density at radius 3 is 2.28 bits per heavy atom. The minimum absolute atomic E-state index is 0.101. The van der Waals surface area contributed by atoms with Crippen molar-refractivity contribution in [3.8, 4) is 0 Å². The van der Waals surface area contributed by atoms with Gasteiger partial charge in [0.1, 0.15) is 5.60 Å². The fourth-order valence-corrected chi connectivity index (χ4v) is 4.75. The molecule has 1 atom stereocenters. The molecule has 1 unspecified atom stereocenters. The summed E-state index contributed by atoms with van der Waals surface area (Å²) in [6.45, 7) is 16.4.